The predicted octanol–water partition coefficient (Wildman–Crippen LogP) is 1.01. The molecule has 0 fully saturated rings. The Kier molecular flexibility index (Phi) is 4.47. The molecule has 21 heavy (non-hydrogen) atoms. The van der Waals surface area contributed by atoms with E-state index in [1.54, 1.807) is 24.8 Å². The van der Waals surface area contributed by atoms with Gasteiger partial charge in [-0.2, -0.15) is 0 Å². The Morgan fingerprint density at radius 1 is 1.43 bits per heavy atom. The van der Waals surface area contributed by atoms with Gasteiger partial charge < -0.3 is 19.5 Å². The van der Waals surface area contributed by atoms with E-state index < -0.39 is 0 Å². The highest BCUT2D eigenvalue weighted by Crippen LogP contribution is 2.29. The van der Waals surface area contributed by atoms with Crippen molar-refractivity contribution in [1.82, 2.24) is 25.1 Å². The highest BCUT2D eigenvalue weighted by Gasteiger charge is 2.22. The summed E-state index contributed by atoms with van der Waals surface area (Å²) in [6.07, 6.45) is 1.79. The van der Waals surface area contributed by atoms with Crippen LogP contribution in [0.5, 0.6) is 0 Å². The normalized spacial score (nSPS) is 14.5. The number of ether oxygens (including phenoxy) is 1. The van der Waals surface area contributed by atoms with E-state index in [9.17, 15) is 0 Å². The quantitative estimate of drug-likeness (QED) is 0.859. The molecular formula is C13H20N6OS. The van der Waals surface area contributed by atoms with Gasteiger partial charge in [0.05, 0.1) is 18.8 Å². The van der Waals surface area contributed by atoms with Crippen LogP contribution in [-0.2, 0) is 31.0 Å². The van der Waals surface area contributed by atoms with Gasteiger partial charge in [0.1, 0.15) is 6.33 Å². The van der Waals surface area contributed by atoms with Crippen molar-refractivity contribution in [3.05, 3.63) is 22.7 Å². The molecule has 0 unspecified atom stereocenters. The smallest absolute Gasteiger partial charge is 0.186 e. The lowest BCUT2D eigenvalue weighted by Gasteiger charge is -2.26. The number of hydrogen-bond acceptors (Lipinski definition) is 7. The van der Waals surface area contributed by atoms with Gasteiger partial charge in [-0.3, -0.25) is 0 Å². The van der Waals surface area contributed by atoms with Gasteiger partial charge in [-0.05, 0) is 6.54 Å². The maximum absolute atomic E-state index is 5.26. The number of nitrogens with zero attached hydrogens (tertiary/aromatic N) is 5. The molecule has 0 saturated carbocycles. The topological polar surface area (TPSA) is 68.1 Å². The third-order valence-corrected chi connectivity index (χ3v) is 4.65. The fourth-order valence-corrected chi connectivity index (χ4v) is 3.42. The van der Waals surface area contributed by atoms with Crippen molar-refractivity contribution >= 4 is 16.5 Å². The second-order valence-electron chi connectivity index (χ2n) is 4.94. The summed E-state index contributed by atoms with van der Waals surface area (Å²) in [5.74, 6) is 0.998. The fourth-order valence-electron chi connectivity index (χ4n) is 2.36. The molecule has 114 valence electrons. The van der Waals surface area contributed by atoms with E-state index in [-0.39, 0.29) is 0 Å². The summed E-state index contributed by atoms with van der Waals surface area (Å²) in [6.45, 7) is 7.07. The van der Waals surface area contributed by atoms with Crippen LogP contribution in [0.25, 0.3) is 0 Å². The van der Waals surface area contributed by atoms with Gasteiger partial charge in [0.2, 0.25) is 0 Å². The fraction of sp³-hybridized carbons (Fsp3) is 0.615. The minimum Gasteiger partial charge on any atom is -0.378 e. The van der Waals surface area contributed by atoms with E-state index >= 15 is 0 Å². The largest absolute Gasteiger partial charge is 0.378 e. The van der Waals surface area contributed by atoms with Crippen LogP contribution in [0.15, 0.2) is 6.33 Å². The number of fused-ring (bicyclic) bond motifs is 1. The molecule has 2 aromatic rings. The minimum atomic E-state index is 0.557. The zero-order valence-corrected chi connectivity index (χ0v) is 13.2. The summed E-state index contributed by atoms with van der Waals surface area (Å²) in [4.78, 5) is 8.27. The van der Waals surface area contributed by atoms with Crippen LogP contribution >= 0.6 is 11.3 Å². The number of anilines is 1. The molecule has 0 amide bonds. The molecule has 0 radical (unpaired) electrons. The summed E-state index contributed by atoms with van der Waals surface area (Å²) in [7, 11) is 1.71. The van der Waals surface area contributed by atoms with E-state index in [1.807, 2.05) is 0 Å². The van der Waals surface area contributed by atoms with Crippen LogP contribution in [0.1, 0.15) is 23.3 Å². The van der Waals surface area contributed by atoms with Crippen LogP contribution < -0.4 is 10.2 Å². The lowest BCUT2D eigenvalue weighted by Crippen LogP contribution is -2.33. The van der Waals surface area contributed by atoms with E-state index in [0.717, 1.165) is 49.4 Å². The maximum atomic E-state index is 5.26. The van der Waals surface area contributed by atoms with Crippen LogP contribution in [0.2, 0.25) is 0 Å². The molecular weight excluding hydrogens is 288 g/mol. The standard InChI is InChI=1S/C13H20N6OS/c1-3-14-6-11-10(8-20-2)16-13(21-11)18-4-5-19-9-15-17-12(19)7-18/h9,14H,3-8H2,1-2H3. The van der Waals surface area contributed by atoms with Crippen molar-refractivity contribution in [1.29, 1.82) is 0 Å². The van der Waals surface area contributed by atoms with Crippen molar-refractivity contribution in [2.75, 3.05) is 25.1 Å². The van der Waals surface area contributed by atoms with E-state index in [4.69, 9.17) is 9.72 Å². The second-order valence-corrected chi connectivity index (χ2v) is 6.00. The first-order valence-electron chi connectivity index (χ1n) is 7.11. The van der Waals surface area contributed by atoms with Crippen LogP contribution in [0.3, 0.4) is 0 Å². The molecule has 0 spiro atoms. The number of thiazole rings is 1. The summed E-state index contributed by atoms with van der Waals surface area (Å²) in [5.41, 5.74) is 1.03. The zero-order valence-electron chi connectivity index (χ0n) is 12.4. The lowest BCUT2D eigenvalue weighted by atomic mass is 10.3. The lowest BCUT2D eigenvalue weighted by molar-refractivity contribution is 0.181. The molecule has 0 aromatic carbocycles. The Balaban J connectivity index is 1.79. The second kappa shape index (κ2) is 6.50. The monoisotopic (exact) mass is 308 g/mol. The molecule has 1 N–H and O–H groups in total. The van der Waals surface area contributed by atoms with E-state index in [2.05, 4.69) is 31.9 Å². The summed E-state index contributed by atoms with van der Waals surface area (Å²) < 4.78 is 7.36. The van der Waals surface area contributed by atoms with Crippen molar-refractivity contribution in [3.8, 4) is 0 Å². The number of nitrogens with one attached hydrogen (secondary N) is 1. The molecule has 1 aliphatic rings. The van der Waals surface area contributed by atoms with Gasteiger partial charge in [0, 0.05) is 31.6 Å². The van der Waals surface area contributed by atoms with Crippen molar-refractivity contribution in [2.24, 2.45) is 0 Å². The van der Waals surface area contributed by atoms with Gasteiger partial charge in [-0.1, -0.05) is 6.92 Å². The first-order chi connectivity index (χ1) is 10.3. The van der Waals surface area contributed by atoms with Gasteiger partial charge in [-0.15, -0.1) is 21.5 Å². The average molecular weight is 308 g/mol. The maximum Gasteiger partial charge on any atom is 0.186 e. The Bertz CT molecular complexity index is 595. The van der Waals surface area contributed by atoms with Crippen molar-refractivity contribution in [2.45, 2.75) is 33.2 Å². The highest BCUT2D eigenvalue weighted by atomic mass is 32.1. The Morgan fingerprint density at radius 2 is 2.33 bits per heavy atom. The van der Waals surface area contributed by atoms with Gasteiger partial charge in [-0.25, -0.2) is 4.98 Å². The Labute approximate surface area is 128 Å². The molecule has 2 aromatic heterocycles. The molecule has 0 atom stereocenters. The molecule has 7 nitrogen and oxygen atoms in total. The molecule has 1 aliphatic heterocycles. The van der Waals surface area contributed by atoms with Crippen molar-refractivity contribution < 1.29 is 4.74 Å². The van der Waals surface area contributed by atoms with Gasteiger partial charge in [0.25, 0.3) is 0 Å². The molecule has 3 heterocycles. The Hall–Kier alpha value is -1.51. The summed E-state index contributed by atoms with van der Waals surface area (Å²) in [6, 6.07) is 0. The molecule has 3 rings (SSSR count). The SMILES string of the molecule is CCNCc1sc(N2CCn3cnnc3C2)nc1COC. The molecule has 0 saturated heterocycles. The summed E-state index contributed by atoms with van der Waals surface area (Å²) in [5, 5.41) is 12.5. The highest BCUT2D eigenvalue weighted by molar-refractivity contribution is 7.15. The minimum absolute atomic E-state index is 0.557. The number of aromatic nitrogens is 4. The molecule has 8 heteroatoms. The number of methoxy groups -OCH3 is 1. The molecule has 0 bridgehead atoms. The third-order valence-electron chi connectivity index (χ3n) is 3.49. The predicted molar refractivity (Wildman–Crippen MR) is 81.3 cm³/mol. The first kappa shape index (κ1) is 14.4. The first-order valence-corrected chi connectivity index (χ1v) is 7.93. The summed E-state index contributed by atoms with van der Waals surface area (Å²) >= 11 is 1.74. The zero-order chi connectivity index (χ0) is 14.7. The van der Waals surface area contributed by atoms with Crippen LogP contribution in [-0.4, -0.2) is 39.9 Å². The number of rotatable bonds is 6. The molecule has 0 aliphatic carbocycles. The Morgan fingerprint density at radius 3 is 3.14 bits per heavy atom. The average Bonchev–Trinajstić information content (AvgIpc) is 3.11. The number of hydrogen-bond donors (Lipinski definition) is 1. The van der Waals surface area contributed by atoms with Crippen LogP contribution in [0.4, 0.5) is 5.13 Å². The van der Waals surface area contributed by atoms with E-state index in [0.29, 0.717) is 6.61 Å². The third kappa shape index (κ3) is 3.07. The van der Waals surface area contributed by atoms with Crippen LogP contribution in [0, 0.1) is 0 Å². The van der Waals surface area contributed by atoms with E-state index in [1.165, 1.54) is 4.88 Å². The van der Waals surface area contributed by atoms with Crippen molar-refractivity contribution in [3.63, 3.8) is 0 Å². The van der Waals surface area contributed by atoms with Gasteiger partial charge in [0.15, 0.2) is 11.0 Å². The van der Waals surface area contributed by atoms with Gasteiger partial charge >= 0.3 is 0 Å².